The maximum Gasteiger partial charge on any atom is 0.573 e. The number of anilines is 3. The normalized spacial score (nSPS) is 14.3. The van der Waals surface area contributed by atoms with Crippen LogP contribution in [0.4, 0.5) is 30.5 Å². The number of ether oxygens (including phenoxy) is 1. The largest absolute Gasteiger partial charge is 0.573 e. The molecule has 0 bridgehead atoms. The number of nitrogens with one attached hydrogen (secondary N) is 1. The van der Waals surface area contributed by atoms with Crippen molar-refractivity contribution in [1.82, 2.24) is 19.7 Å². The Morgan fingerprint density at radius 2 is 2.08 bits per heavy atom. The van der Waals surface area contributed by atoms with Gasteiger partial charge in [0.2, 0.25) is 5.95 Å². The van der Waals surface area contributed by atoms with Gasteiger partial charge in [0.15, 0.2) is 11.4 Å². The van der Waals surface area contributed by atoms with Gasteiger partial charge in [0.25, 0.3) is 5.91 Å². The fraction of sp³-hybridized carbons (Fsp3) is 0.417. The number of primary amides is 1. The third-order valence-electron chi connectivity index (χ3n) is 6.74. The first-order chi connectivity index (χ1) is 18.3. The van der Waals surface area contributed by atoms with Crippen molar-refractivity contribution in [3.8, 4) is 17.1 Å². The van der Waals surface area contributed by atoms with Gasteiger partial charge in [-0.3, -0.25) is 19.7 Å². The number of fused-ring (bicyclic) bond motifs is 3. The number of halogens is 3. The van der Waals surface area contributed by atoms with Gasteiger partial charge < -0.3 is 15.8 Å². The molecule has 0 saturated heterocycles. The van der Waals surface area contributed by atoms with Gasteiger partial charge in [-0.25, -0.2) is 14.8 Å². The number of benzene rings is 1. The molecule has 15 heteroatoms. The van der Waals surface area contributed by atoms with Crippen molar-refractivity contribution in [1.29, 1.82) is 0 Å². The second-order valence-corrected chi connectivity index (χ2v) is 9.23. The van der Waals surface area contributed by atoms with Crippen LogP contribution in [0.25, 0.3) is 11.4 Å². The average molecular weight is 552 g/mol. The lowest BCUT2D eigenvalue weighted by Gasteiger charge is -2.30. The number of carbonyl (C=O) groups excluding carboxylic acids is 1. The summed E-state index contributed by atoms with van der Waals surface area (Å²) in [6.45, 7) is 3.11. The van der Waals surface area contributed by atoms with E-state index in [0.717, 1.165) is 16.7 Å². The third kappa shape index (κ3) is 6.05. The van der Waals surface area contributed by atoms with E-state index in [1.807, 2.05) is 14.0 Å². The molecule has 39 heavy (non-hydrogen) atoms. The number of carbonyl (C=O) groups is 1. The lowest BCUT2D eigenvalue weighted by molar-refractivity contribution is -1.08. The molecule has 4 N–H and O–H groups in total. The average Bonchev–Trinajstić information content (AvgIpc) is 3.24. The van der Waals surface area contributed by atoms with Crippen LogP contribution in [0.1, 0.15) is 28.5 Å². The molecule has 0 fully saturated rings. The number of nitrogens with two attached hydrogens (primary N) is 1. The smallest absolute Gasteiger partial charge is 0.404 e. The Hall–Kier alpha value is -3.95. The molecule has 1 amide bonds. The van der Waals surface area contributed by atoms with E-state index in [1.165, 1.54) is 16.8 Å². The molecule has 0 aliphatic heterocycles. The minimum atomic E-state index is -4.96. The second kappa shape index (κ2) is 10.7. The molecular weight excluding hydrogens is 521 g/mol. The highest BCUT2D eigenvalue weighted by Gasteiger charge is 2.33. The second-order valence-electron chi connectivity index (χ2n) is 9.23. The third-order valence-corrected chi connectivity index (χ3v) is 6.74. The molecule has 1 aromatic carbocycles. The minimum Gasteiger partial charge on any atom is -0.404 e. The molecule has 1 aliphatic carbocycles. The number of quaternary nitrogens is 1. The molecule has 12 nitrogen and oxygen atoms in total. The van der Waals surface area contributed by atoms with Crippen molar-refractivity contribution < 1.29 is 37.4 Å². The number of aromatic nitrogens is 4. The minimum absolute atomic E-state index is 0.0216. The number of alkyl halides is 3. The van der Waals surface area contributed by atoms with Gasteiger partial charge in [0, 0.05) is 18.8 Å². The monoisotopic (exact) mass is 551 g/mol. The summed E-state index contributed by atoms with van der Waals surface area (Å²) >= 11 is 0. The van der Waals surface area contributed by atoms with Crippen LogP contribution >= 0.6 is 0 Å². The van der Waals surface area contributed by atoms with Gasteiger partial charge in [0.1, 0.15) is 13.1 Å². The number of hydrogen-bond donors (Lipinski definition) is 3. The van der Waals surface area contributed by atoms with Crippen LogP contribution in [-0.4, -0.2) is 75.7 Å². The Kier molecular flexibility index (Phi) is 7.68. The first kappa shape index (κ1) is 28.1. The van der Waals surface area contributed by atoms with Crippen molar-refractivity contribution in [2.24, 2.45) is 12.8 Å². The van der Waals surface area contributed by atoms with Gasteiger partial charge in [-0.2, -0.15) is 9.75 Å². The molecule has 2 aromatic heterocycles. The summed E-state index contributed by atoms with van der Waals surface area (Å²) in [6, 6.07) is 3.69. The highest BCUT2D eigenvalue weighted by atomic mass is 19.4. The van der Waals surface area contributed by atoms with Crippen molar-refractivity contribution in [2.75, 3.05) is 44.2 Å². The highest BCUT2D eigenvalue weighted by Crippen LogP contribution is 2.37. The maximum atomic E-state index is 13.1. The predicted molar refractivity (Wildman–Crippen MR) is 134 cm³/mol. The number of hydroxylamine groups is 4. The molecule has 0 radical (unpaired) electrons. The van der Waals surface area contributed by atoms with E-state index in [-0.39, 0.29) is 34.2 Å². The maximum absolute atomic E-state index is 13.1. The molecule has 0 saturated carbocycles. The summed E-state index contributed by atoms with van der Waals surface area (Å²) in [7, 11) is 5.04. The fourth-order valence-electron chi connectivity index (χ4n) is 4.34. The lowest BCUT2D eigenvalue weighted by atomic mass is 9.93. The van der Waals surface area contributed by atoms with E-state index in [0.29, 0.717) is 42.9 Å². The topological polar surface area (TPSA) is 141 Å². The van der Waals surface area contributed by atoms with E-state index in [2.05, 4.69) is 25.1 Å². The molecule has 1 atom stereocenters. The van der Waals surface area contributed by atoms with Crippen molar-refractivity contribution in [3.63, 3.8) is 0 Å². The van der Waals surface area contributed by atoms with Gasteiger partial charge >= 0.3 is 6.36 Å². The van der Waals surface area contributed by atoms with Crippen LogP contribution in [0.5, 0.6) is 5.75 Å². The summed E-state index contributed by atoms with van der Waals surface area (Å²) in [5, 5.41) is 18.5. The molecule has 3 aromatic rings. The van der Waals surface area contributed by atoms with E-state index in [4.69, 9.17) is 10.6 Å². The standard InChI is InChI=1S/C24H29F3N8O4/c1-5-35(3,38-4)11-10-34(37)15-7-9-18(39-24(25,26)27)17(12-15)30-23-29-13-14-6-8-16-20(22(28)36)32-33(2)21(16)19(14)31-23/h7,9,12-13,37H,5-6,8,10-11H2,1-4H3,(H2-,28,29,30,31,36)/p+1. The summed E-state index contributed by atoms with van der Waals surface area (Å²) in [4.78, 5) is 26.1. The zero-order chi connectivity index (χ0) is 28.5. The van der Waals surface area contributed by atoms with Crippen LogP contribution < -0.4 is 20.9 Å². The van der Waals surface area contributed by atoms with Gasteiger partial charge in [0.05, 0.1) is 43.5 Å². The van der Waals surface area contributed by atoms with Crippen LogP contribution in [0.2, 0.25) is 0 Å². The Morgan fingerprint density at radius 3 is 2.72 bits per heavy atom. The van der Waals surface area contributed by atoms with E-state index < -0.39 is 18.0 Å². The number of rotatable bonds is 10. The SMILES string of the molecule is CC[N+](C)(CCN(O)c1ccc(OC(F)(F)F)c(Nc2ncc3c(n2)-c2c(c(C(N)=O)nn2C)CC3)c1)OC. The van der Waals surface area contributed by atoms with Crippen LogP contribution in [-0.2, 0) is 24.7 Å². The molecule has 1 unspecified atom stereocenters. The van der Waals surface area contributed by atoms with E-state index in [9.17, 15) is 23.2 Å². The highest BCUT2D eigenvalue weighted by molar-refractivity contribution is 5.94. The summed E-state index contributed by atoms with van der Waals surface area (Å²) in [5.41, 5.74) is 8.19. The van der Waals surface area contributed by atoms with Crippen LogP contribution in [0, 0.1) is 0 Å². The summed E-state index contributed by atoms with van der Waals surface area (Å²) < 4.78 is 45.4. The lowest BCUT2D eigenvalue weighted by Crippen LogP contribution is -2.47. The van der Waals surface area contributed by atoms with Crippen LogP contribution in [0.3, 0.4) is 0 Å². The van der Waals surface area contributed by atoms with Crippen molar-refractivity contribution in [2.45, 2.75) is 26.1 Å². The Balaban J connectivity index is 1.67. The zero-order valence-electron chi connectivity index (χ0n) is 21.9. The molecule has 2 heterocycles. The Bertz CT molecular complexity index is 1370. The van der Waals surface area contributed by atoms with Crippen molar-refractivity contribution in [3.05, 3.63) is 41.2 Å². The first-order valence-corrected chi connectivity index (χ1v) is 12.1. The van der Waals surface area contributed by atoms with Crippen molar-refractivity contribution >= 4 is 23.2 Å². The Morgan fingerprint density at radius 1 is 1.33 bits per heavy atom. The van der Waals surface area contributed by atoms with Gasteiger partial charge in [-0.05, 0) is 43.5 Å². The molecule has 0 spiro atoms. The fourth-order valence-corrected chi connectivity index (χ4v) is 4.34. The molecule has 210 valence electrons. The first-order valence-electron chi connectivity index (χ1n) is 12.1. The van der Waals surface area contributed by atoms with Crippen LogP contribution in [0.15, 0.2) is 24.4 Å². The zero-order valence-corrected chi connectivity index (χ0v) is 21.9. The van der Waals surface area contributed by atoms with Gasteiger partial charge in [-0.1, -0.05) is 0 Å². The molecule has 4 rings (SSSR count). The Labute approximate surface area is 222 Å². The number of nitrogens with zero attached hydrogens (tertiary/aromatic N) is 6. The number of likely N-dealkylation sites (N-methyl/N-ethyl adjacent to an activating group) is 1. The summed E-state index contributed by atoms with van der Waals surface area (Å²) in [6.07, 6.45) is -2.35. The number of hydrogen-bond acceptors (Lipinski definition) is 9. The number of aryl methyl sites for hydroxylation is 2. The predicted octanol–water partition coefficient (Wildman–Crippen LogP) is 2.94. The summed E-state index contributed by atoms with van der Waals surface area (Å²) in [5.74, 6) is -1.22. The molecular formula is C24H30F3N8O4+. The van der Waals surface area contributed by atoms with Gasteiger partial charge in [-0.15, -0.1) is 13.2 Å². The molecule has 1 aliphatic rings. The van der Waals surface area contributed by atoms with E-state index >= 15 is 0 Å². The quantitative estimate of drug-likeness (QED) is 0.256. The number of amides is 1. The van der Waals surface area contributed by atoms with E-state index in [1.54, 1.807) is 20.4 Å².